The van der Waals surface area contributed by atoms with Crippen molar-refractivity contribution in [3.63, 3.8) is 0 Å². The Balaban J connectivity index is 1.62. The number of nitrogens with zero attached hydrogens (tertiary/aromatic N) is 3. The summed E-state index contributed by atoms with van der Waals surface area (Å²) in [5.74, 6) is -4.82. The van der Waals surface area contributed by atoms with Crippen LogP contribution < -0.4 is 16.7 Å². The van der Waals surface area contributed by atoms with Crippen molar-refractivity contribution >= 4 is 23.6 Å². The molecule has 0 fully saturated rings. The highest BCUT2D eigenvalue weighted by molar-refractivity contribution is 6.11. The Morgan fingerprint density at radius 1 is 0.886 bits per heavy atom. The molecule has 44 heavy (non-hydrogen) atoms. The summed E-state index contributed by atoms with van der Waals surface area (Å²) in [6.07, 6.45) is 1.24. The van der Waals surface area contributed by atoms with Crippen LogP contribution in [0.1, 0.15) is 42.7 Å². The topological polar surface area (TPSA) is 148 Å². The summed E-state index contributed by atoms with van der Waals surface area (Å²) in [4.78, 5) is 82.6. The third-order valence-electron chi connectivity index (χ3n) is 8.93. The molecule has 12 nitrogen and oxygen atoms in total. The Labute approximate surface area is 251 Å². The van der Waals surface area contributed by atoms with E-state index in [0.717, 1.165) is 4.57 Å². The second-order valence-corrected chi connectivity index (χ2v) is 11.3. The molecule has 6 rings (SSSR count). The van der Waals surface area contributed by atoms with E-state index in [2.05, 4.69) is 5.32 Å². The lowest BCUT2D eigenvalue weighted by atomic mass is 9.74. The summed E-state index contributed by atoms with van der Waals surface area (Å²) in [6, 6.07) is 14.7. The summed E-state index contributed by atoms with van der Waals surface area (Å²) in [5.41, 5.74) is -1.81. The van der Waals surface area contributed by atoms with Crippen molar-refractivity contribution in [3.8, 4) is 5.69 Å². The first-order valence-corrected chi connectivity index (χ1v) is 14.1. The summed E-state index contributed by atoms with van der Waals surface area (Å²) >= 11 is 0. The Morgan fingerprint density at radius 3 is 2.11 bits per heavy atom. The number of amides is 1. The zero-order valence-electron chi connectivity index (χ0n) is 24.5. The van der Waals surface area contributed by atoms with Crippen LogP contribution in [0.5, 0.6) is 0 Å². The van der Waals surface area contributed by atoms with Gasteiger partial charge in [-0.3, -0.25) is 14.4 Å². The molecule has 2 aliphatic carbocycles. The average Bonchev–Trinajstić information content (AvgIpc) is 3.33. The maximum atomic E-state index is 14.6. The smallest absolute Gasteiger partial charge is 0.352 e. The molecule has 0 unspecified atom stereocenters. The number of Topliss-reactive ketones (excluding diaryl/α,β-unsaturated/α-hetero) is 1. The van der Waals surface area contributed by atoms with E-state index in [1.54, 1.807) is 67.6 Å². The maximum absolute atomic E-state index is 14.6. The zero-order chi connectivity index (χ0) is 31.5. The number of hydrogen-bond acceptors (Lipinski definition) is 8. The zero-order valence-corrected chi connectivity index (χ0v) is 24.5. The van der Waals surface area contributed by atoms with Crippen molar-refractivity contribution in [1.82, 2.24) is 19.2 Å². The van der Waals surface area contributed by atoms with E-state index >= 15 is 0 Å². The number of ether oxygens (including phenoxy) is 2. The Morgan fingerprint density at radius 2 is 1.50 bits per heavy atom. The minimum Gasteiger partial charge on any atom is -0.469 e. The first kappa shape index (κ1) is 28.8. The van der Waals surface area contributed by atoms with E-state index in [4.69, 9.17) is 9.47 Å². The van der Waals surface area contributed by atoms with Gasteiger partial charge in [0.1, 0.15) is 5.54 Å². The predicted molar refractivity (Wildman–Crippen MR) is 156 cm³/mol. The van der Waals surface area contributed by atoms with Crippen molar-refractivity contribution in [2.75, 3.05) is 14.2 Å². The fraction of sp³-hybridized carbons (Fsp3) is 0.312. The van der Waals surface area contributed by atoms with E-state index in [1.807, 2.05) is 0 Å². The molecular formula is C32H30N4O8. The molecule has 0 radical (unpaired) electrons. The molecule has 0 bridgehead atoms. The molecule has 2 aromatic carbocycles. The lowest BCUT2D eigenvalue weighted by molar-refractivity contribution is -0.146. The number of aromatic nitrogens is 3. The Bertz CT molecular complexity index is 1900. The molecule has 1 aromatic heterocycles. The number of nitrogens with one attached hydrogen (secondary N) is 1. The SMILES string of the molecule is COC(=O)C1=C[C@@H](C(=O)OC)[C@@H]2C3=C(C(=O)[C@]2(C)NC(=O)c2ccccc2)[C@H](C)n2c(=O)n(-c4ccccc4)c(=O)n2[C@@H]3C1. The minimum absolute atomic E-state index is 0.0613. The van der Waals surface area contributed by atoms with Crippen LogP contribution in [0.25, 0.3) is 5.69 Å². The van der Waals surface area contributed by atoms with Gasteiger partial charge in [-0.05, 0) is 43.7 Å². The van der Waals surface area contributed by atoms with Crippen LogP contribution in [-0.4, -0.2) is 57.3 Å². The van der Waals surface area contributed by atoms with Crippen LogP contribution in [0.3, 0.4) is 0 Å². The predicted octanol–water partition coefficient (Wildman–Crippen LogP) is 1.89. The van der Waals surface area contributed by atoms with Crippen molar-refractivity contribution in [2.24, 2.45) is 11.8 Å². The molecule has 3 aromatic rings. The molecule has 0 saturated carbocycles. The van der Waals surface area contributed by atoms with E-state index in [-0.39, 0.29) is 17.6 Å². The largest absolute Gasteiger partial charge is 0.469 e. The van der Waals surface area contributed by atoms with Crippen LogP contribution >= 0.6 is 0 Å². The number of hydrogen-bond donors (Lipinski definition) is 1. The van der Waals surface area contributed by atoms with Gasteiger partial charge in [-0.25, -0.2) is 28.3 Å². The summed E-state index contributed by atoms with van der Waals surface area (Å²) < 4.78 is 13.7. The number of benzene rings is 2. The molecule has 226 valence electrons. The average molecular weight is 599 g/mol. The number of esters is 2. The molecule has 1 amide bonds. The molecule has 1 aliphatic heterocycles. The van der Waals surface area contributed by atoms with Crippen molar-refractivity contribution in [3.05, 3.63) is 110 Å². The van der Waals surface area contributed by atoms with Crippen LogP contribution in [-0.2, 0) is 23.9 Å². The van der Waals surface area contributed by atoms with E-state index in [0.29, 0.717) is 16.8 Å². The van der Waals surface area contributed by atoms with Crippen LogP contribution in [0.4, 0.5) is 0 Å². The third kappa shape index (κ3) is 4.04. The normalized spacial score (nSPS) is 25.4. The summed E-state index contributed by atoms with van der Waals surface area (Å²) in [6.45, 7) is 3.15. The van der Waals surface area contributed by atoms with Crippen LogP contribution in [0.15, 0.2) is 93.0 Å². The summed E-state index contributed by atoms with van der Waals surface area (Å²) in [5, 5.41) is 2.87. The van der Waals surface area contributed by atoms with Crippen molar-refractivity contribution < 1.29 is 28.7 Å². The lowest BCUT2D eigenvalue weighted by Crippen LogP contribution is -2.57. The number of ketones is 1. The number of para-hydroxylation sites is 1. The summed E-state index contributed by atoms with van der Waals surface area (Å²) in [7, 11) is 2.38. The van der Waals surface area contributed by atoms with Crippen LogP contribution in [0.2, 0.25) is 0 Å². The van der Waals surface area contributed by atoms with Gasteiger partial charge in [-0.2, -0.15) is 0 Å². The first-order chi connectivity index (χ1) is 21.0. The highest BCUT2D eigenvalue weighted by atomic mass is 16.5. The molecule has 0 saturated heterocycles. The van der Waals surface area contributed by atoms with E-state index in [1.165, 1.54) is 36.6 Å². The van der Waals surface area contributed by atoms with Gasteiger partial charge >= 0.3 is 23.3 Å². The number of fused-ring (bicyclic) bond motifs is 2. The Hall–Kier alpha value is -5.26. The molecule has 3 aliphatic rings. The standard InChI is InChI=1S/C32H30N4O8/c1-17-23-24-22(36-31(42)34(30(41)35(17)36)20-13-9-6-10-14-20)16-19(28(39)43-3)15-21(29(40)44-4)25(24)32(2,26(23)37)33-27(38)18-11-7-5-8-12-18/h5-15,17,21-22,25H,16H2,1-4H3,(H,33,38)/t17-,21+,22+,25+,32+/m0/s1. The molecule has 1 N–H and O–H groups in total. The van der Waals surface area contributed by atoms with Gasteiger partial charge < -0.3 is 14.8 Å². The fourth-order valence-electron chi connectivity index (χ4n) is 7.00. The Kier molecular flexibility index (Phi) is 6.87. The number of rotatable bonds is 5. The molecule has 5 atom stereocenters. The number of carbonyl (C=O) groups is 4. The van der Waals surface area contributed by atoms with Gasteiger partial charge in [0.2, 0.25) is 0 Å². The third-order valence-corrected chi connectivity index (χ3v) is 8.93. The van der Waals surface area contributed by atoms with Gasteiger partial charge in [0.15, 0.2) is 5.78 Å². The number of carbonyl (C=O) groups excluding carboxylic acids is 4. The minimum atomic E-state index is -1.71. The second kappa shape index (κ2) is 10.5. The molecule has 2 heterocycles. The van der Waals surface area contributed by atoms with Gasteiger partial charge in [0.05, 0.1) is 37.9 Å². The van der Waals surface area contributed by atoms with Gasteiger partial charge in [-0.15, -0.1) is 0 Å². The van der Waals surface area contributed by atoms with Crippen molar-refractivity contribution in [2.45, 2.75) is 37.9 Å². The van der Waals surface area contributed by atoms with E-state index < -0.39 is 64.5 Å². The van der Waals surface area contributed by atoms with Crippen LogP contribution in [0, 0.1) is 11.8 Å². The fourth-order valence-corrected chi connectivity index (χ4v) is 7.00. The monoisotopic (exact) mass is 598 g/mol. The van der Waals surface area contributed by atoms with Gasteiger partial charge in [0, 0.05) is 29.0 Å². The molecular weight excluding hydrogens is 568 g/mol. The highest BCUT2D eigenvalue weighted by Gasteiger charge is 2.62. The van der Waals surface area contributed by atoms with Crippen molar-refractivity contribution in [1.29, 1.82) is 0 Å². The quantitative estimate of drug-likeness (QED) is 0.438. The lowest BCUT2D eigenvalue weighted by Gasteiger charge is -2.37. The maximum Gasteiger partial charge on any atom is 0.352 e. The van der Waals surface area contributed by atoms with Gasteiger partial charge in [0.25, 0.3) is 5.91 Å². The highest BCUT2D eigenvalue weighted by Crippen LogP contribution is 2.54. The van der Waals surface area contributed by atoms with Gasteiger partial charge in [-0.1, -0.05) is 42.5 Å². The first-order valence-electron chi connectivity index (χ1n) is 14.1. The number of methoxy groups -OCH3 is 2. The van der Waals surface area contributed by atoms with E-state index in [9.17, 15) is 28.8 Å². The molecule has 12 heteroatoms. The second-order valence-electron chi connectivity index (χ2n) is 11.3. The molecule has 0 spiro atoms.